The van der Waals surface area contributed by atoms with Crippen molar-refractivity contribution < 1.29 is 35.2 Å². The van der Waals surface area contributed by atoms with Crippen LogP contribution in [-0.2, 0) is 16.7 Å². The molecule has 0 fully saturated rings. The number of ether oxygens (including phenoxy) is 2. The minimum atomic E-state index is -5.77. The Bertz CT molecular complexity index is 789. The molecule has 2 rings (SSSR count). The van der Waals surface area contributed by atoms with E-state index in [-0.39, 0.29) is 18.1 Å². The molecule has 0 aliphatic heterocycles. The van der Waals surface area contributed by atoms with Gasteiger partial charge in [0.1, 0.15) is 12.4 Å². The number of alkyl halides is 3. The number of methoxy groups -OCH3 is 1. The summed E-state index contributed by atoms with van der Waals surface area (Å²) in [6, 6.07) is 12.7. The van der Waals surface area contributed by atoms with Crippen LogP contribution in [0.15, 0.2) is 48.5 Å². The normalized spacial score (nSPS) is 11.8. The van der Waals surface area contributed by atoms with E-state index < -0.39 is 21.4 Å². The number of rotatable bonds is 6. The summed E-state index contributed by atoms with van der Waals surface area (Å²) < 4.78 is 73.6. The first-order valence-corrected chi connectivity index (χ1v) is 7.99. The molecule has 2 aromatic carbocycles. The van der Waals surface area contributed by atoms with Gasteiger partial charge in [0.05, 0.1) is 7.11 Å². The van der Waals surface area contributed by atoms with Crippen LogP contribution in [0.1, 0.15) is 5.56 Å². The van der Waals surface area contributed by atoms with Gasteiger partial charge in [-0.25, -0.2) is 0 Å². The van der Waals surface area contributed by atoms with Crippen LogP contribution in [0, 0.1) is 0 Å². The fourth-order valence-electron chi connectivity index (χ4n) is 1.71. The summed E-state index contributed by atoms with van der Waals surface area (Å²) in [5, 5.41) is 0. The van der Waals surface area contributed by atoms with E-state index >= 15 is 0 Å². The number of benzene rings is 2. The van der Waals surface area contributed by atoms with Crippen LogP contribution in [-0.4, -0.2) is 21.0 Å². The van der Waals surface area contributed by atoms with Gasteiger partial charge in [0.25, 0.3) is 0 Å². The third-order valence-electron chi connectivity index (χ3n) is 2.87. The quantitative estimate of drug-likeness (QED) is 0.581. The van der Waals surface area contributed by atoms with E-state index in [1.54, 1.807) is 0 Å². The first-order chi connectivity index (χ1) is 11.2. The molecule has 0 saturated heterocycles. The Labute approximate surface area is 136 Å². The molecule has 0 N–H and O–H groups in total. The molecule has 2 aromatic rings. The molecule has 0 aromatic heterocycles. The summed E-state index contributed by atoms with van der Waals surface area (Å²) in [4.78, 5) is 0. The number of halogens is 3. The van der Waals surface area contributed by atoms with Gasteiger partial charge >= 0.3 is 15.6 Å². The van der Waals surface area contributed by atoms with Gasteiger partial charge in [-0.05, 0) is 17.7 Å². The third-order valence-corrected chi connectivity index (χ3v) is 3.83. The summed E-state index contributed by atoms with van der Waals surface area (Å²) in [5.74, 6) is -0.497. The Kier molecular flexibility index (Phi) is 5.23. The van der Waals surface area contributed by atoms with Crippen molar-refractivity contribution in [2.75, 3.05) is 7.11 Å². The van der Waals surface area contributed by atoms with Crippen molar-refractivity contribution in [2.24, 2.45) is 0 Å². The predicted octanol–water partition coefficient (Wildman–Crippen LogP) is 3.50. The van der Waals surface area contributed by atoms with Crippen LogP contribution in [0.25, 0.3) is 0 Å². The second kappa shape index (κ2) is 7.00. The fraction of sp³-hybridized carbons (Fsp3) is 0.200. The summed E-state index contributed by atoms with van der Waals surface area (Å²) in [6.45, 7) is 0.227. The molecule has 0 radical (unpaired) electrons. The molecule has 0 amide bonds. The molecular weight excluding hydrogens is 349 g/mol. The SMILES string of the molecule is COc1cc(OCc2ccccc2)ccc1OS(=O)(=O)C(F)(F)F. The highest BCUT2D eigenvalue weighted by Crippen LogP contribution is 2.35. The van der Waals surface area contributed by atoms with E-state index in [9.17, 15) is 21.6 Å². The monoisotopic (exact) mass is 362 g/mol. The van der Waals surface area contributed by atoms with Crippen molar-refractivity contribution in [3.05, 3.63) is 54.1 Å². The summed E-state index contributed by atoms with van der Waals surface area (Å²) in [7, 11) is -4.60. The molecule has 0 heterocycles. The number of hydrogen-bond donors (Lipinski definition) is 0. The molecule has 9 heteroatoms. The maximum absolute atomic E-state index is 12.4. The van der Waals surface area contributed by atoms with Crippen molar-refractivity contribution in [3.8, 4) is 17.2 Å². The minimum Gasteiger partial charge on any atom is -0.493 e. The lowest BCUT2D eigenvalue weighted by atomic mass is 10.2. The molecule has 0 atom stereocenters. The summed E-state index contributed by atoms with van der Waals surface area (Å²) in [5.41, 5.74) is -4.64. The third kappa shape index (κ3) is 4.31. The Morgan fingerprint density at radius 2 is 1.67 bits per heavy atom. The molecule has 0 saturated carbocycles. The minimum absolute atomic E-state index is 0.201. The lowest BCUT2D eigenvalue weighted by Crippen LogP contribution is -2.28. The van der Waals surface area contributed by atoms with Gasteiger partial charge in [-0.15, -0.1) is 0 Å². The van der Waals surface area contributed by atoms with Crippen LogP contribution in [0.5, 0.6) is 17.2 Å². The van der Waals surface area contributed by atoms with E-state index in [2.05, 4.69) is 4.18 Å². The van der Waals surface area contributed by atoms with Crippen LogP contribution in [0.2, 0.25) is 0 Å². The van der Waals surface area contributed by atoms with Crippen molar-refractivity contribution in [1.29, 1.82) is 0 Å². The maximum Gasteiger partial charge on any atom is 0.534 e. The van der Waals surface area contributed by atoms with Gasteiger partial charge in [-0.3, -0.25) is 0 Å². The van der Waals surface area contributed by atoms with Crippen LogP contribution >= 0.6 is 0 Å². The van der Waals surface area contributed by atoms with Gasteiger partial charge in [0, 0.05) is 6.07 Å². The number of hydrogen-bond acceptors (Lipinski definition) is 5. The molecule has 0 bridgehead atoms. The average molecular weight is 362 g/mol. The van der Waals surface area contributed by atoms with E-state index in [0.717, 1.165) is 11.6 Å². The highest BCUT2D eigenvalue weighted by Gasteiger charge is 2.48. The molecule has 130 valence electrons. The van der Waals surface area contributed by atoms with Crippen LogP contribution in [0.3, 0.4) is 0 Å². The van der Waals surface area contributed by atoms with Gasteiger partial charge in [-0.1, -0.05) is 30.3 Å². The van der Waals surface area contributed by atoms with Gasteiger partial charge in [0.15, 0.2) is 11.5 Å². The Hall–Kier alpha value is -2.42. The topological polar surface area (TPSA) is 61.8 Å². The summed E-state index contributed by atoms with van der Waals surface area (Å²) in [6.07, 6.45) is 0. The molecule has 0 spiro atoms. The molecular formula is C15H13F3O5S. The highest BCUT2D eigenvalue weighted by molar-refractivity contribution is 7.88. The van der Waals surface area contributed by atoms with Gasteiger partial charge in [0.2, 0.25) is 0 Å². The second-order valence-corrected chi connectivity index (χ2v) is 6.11. The van der Waals surface area contributed by atoms with E-state index in [1.807, 2.05) is 30.3 Å². The van der Waals surface area contributed by atoms with E-state index in [1.165, 1.54) is 19.2 Å². The van der Waals surface area contributed by atoms with Gasteiger partial charge < -0.3 is 13.7 Å². The van der Waals surface area contributed by atoms with Crippen molar-refractivity contribution in [1.82, 2.24) is 0 Å². The highest BCUT2D eigenvalue weighted by atomic mass is 32.2. The van der Waals surface area contributed by atoms with Gasteiger partial charge in [-0.2, -0.15) is 21.6 Å². The molecule has 24 heavy (non-hydrogen) atoms. The van der Waals surface area contributed by atoms with Crippen LogP contribution < -0.4 is 13.7 Å². The van der Waals surface area contributed by atoms with Crippen molar-refractivity contribution >= 4 is 10.1 Å². The summed E-state index contributed by atoms with van der Waals surface area (Å²) >= 11 is 0. The van der Waals surface area contributed by atoms with E-state index in [0.29, 0.717) is 0 Å². The van der Waals surface area contributed by atoms with E-state index in [4.69, 9.17) is 9.47 Å². The zero-order valence-electron chi connectivity index (χ0n) is 12.4. The Balaban J connectivity index is 2.16. The average Bonchev–Trinajstić information content (AvgIpc) is 2.53. The standard InChI is InChI=1S/C15H13F3O5S/c1-21-14-9-12(22-10-11-5-3-2-4-6-11)7-8-13(14)23-24(19,20)15(16,17)18/h2-9H,10H2,1H3. The van der Waals surface area contributed by atoms with Crippen molar-refractivity contribution in [2.45, 2.75) is 12.1 Å². The second-order valence-electron chi connectivity index (χ2n) is 4.57. The lowest BCUT2D eigenvalue weighted by Gasteiger charge is -2.13. The smallest absolute Gasteiger partial charge is 0.493 e. The maximum atomic E-state index is 12.4. The van der Waals surface area contributed by atoms with Crippen molar-refractivity contribution in [3.63, 3.8) is 0 Å². The Morgan fingerprint density at radius 1 is 1.00 bits per heavy atom. The molecule has 5 nitrogen and oxygen atoms in total. The molecule has 0 aliphatic rings. The zero-order chi connectivity index (χ0) is 17.8. The molecule has 0 unspecified atom stereocenters. The molecule has 0 aliphatic carbocycles. The first-order valence-electron chi connectivity index (χ1n) is 6.58. The zero-order valence-corrected chi connectivity index (χ0v) is 13.2. The predicted molar refractivity (Wildman–Crippen MR) is 79.4 cm³/mol. The largest absolute Gasteiger partial charge is 0.534 e. The Morgan fingerprint density at radius 3 is 2.25 bits per heavy atom. The van der Waals surface area contributed by atoms with Crippen LogP contribution in [0.4, 0.5) is 13.2 Å². The fourth-order valence-corrected chi connectivity index (χ4v) is 2.18. The lowest BCUT2D eigenvalue weighted by molar-refractivity contribution is -0.0500. The first kappa shape index (κ1) is 17.9.